The van der Waals surface area contributed by atoms with Crippen LogP contribution in [0.15, 0.2) is 59.5 Å². The number of ether oxygens (including phenoxy) is 1. The number of hydrogen-bond acceptors (Lipinski definition) is 4. The summed E-state index contributed by atoms with van der Waals surface area (Å²) in [4.78, 5) is 10.5. The zero-order valence-corrected chi connectivity index (χ0v) is 20.7. The normalized spacial score (nSPS) is 18.0. The largest absolute Gasteiger partial charge is 0.495 e. The Morgan fingerprint density at radius 3 is 2.31 bits per heavy atom. The van der Waals surface area contributed by atoms with Crippen LogP contribution >= 0.6 is 0 Å². The number of carbonyl (C=O) groups is 1. The summed E-state index contributed by atoms with van der Waals surface area (Å²) in [5, 5.41) is 9.08. The van der Waals surface area contributed by atoms with E-state index in [0.717, 1.165) is 30.9 Å². The van der Waals surface area contributed by atoms with E-state index in [2.05, 4.69) is 11.6 Å². The molecule has 1 aliphatic rings. The van der Waals surface area contributed by atoms with E-state index in [1.165, 1.54) is 37.6 Å². The summed E-state index contributed by atoms with van der Waals surface area (Å²) in [7, 11) is -3.33. The molecule has 0 atom stereocenters. The third-order valence-corrected chi connectivity index (χ3v) is 8.11. The first-order valence-corrected chi connectivity index (χ1v) is 13.1. The van der Waals surface area contributed by atoms with Crippen LogP contribution in [0.3, 0.4) is 0 Å². The lowest BCUT2D eigenvalue weighted by molar-refractivity contribution is 0.0691. The Kier molecular flexibility index (Phi) is 7.31. The van der Waals surface area contributed by atoms with Crippen molar-refractivity contribution < 1.29 is 31.8 Å². The van der Waals surface area contributed by atoms with E-state index in [1.807, 2.05) is 12.1 Å². The van der Waals surface area contributed by atoms with Crippen molar-refractivity contribution in [2.24, 2.45) is 5.92 Å². The van der Waals surface area contributed by atoms with Gasteiger partial charge in [0, 0.05) is 11.6 Å². The summed E-state index contributed by atoms with van der Waals surface area (Å²) < 4.78 is 62.9. The topological polar surface area (TPSA) is 92.7 Å². The van der Waals surface area contributed by atoms with Crippen molar-refractivity contribution >= 4 is 21.7 Å². The second-order valence-electron chi connectivity index (χ2n) is 9.14. The van der Waals surface area contributed by atoms with Gasteiger partial charge in [-0.25, -0.2) is 22.0 Å². The van der Waals surface area contributed by atoms with Crippen molar-refractivity contribution in [2.45, 2.75) is 43.4 Å². The quantitative estimate of drug-likeness (QED) is 0.378. The maximum Gasteiger partial charge on any atom is 0.338 e. The molecule has 2 N–H and O–H groups in total. The molecule has 1 fully saturated rings. The zero-order chi connectivity index (χ0) is 26.0. The Labute approximate surface area is 209 Å². The highest BCUT2D eigenvalue weighted by Crippen LogP contribution is 2.37. The highest BCUT2D eigenvalue weighted by molar-refractivity contribution is 7.92. The number of halogens is 2. The van der Waals surface area contributed by atoms with E-state index in [-0.39, 0.29) is 17.0 Å². The van der Waals surface area contributed by atoms with Crippen LogP contribution in [-0.2, 0) is 10.0 Å². The summed E-state index contributed by atoms with van der Waals surface area (Å²) >= 11 is 0. The van der Waals surface area contributed by atoms with Crippen LogP contribution in [0, 0.1) is 17.6 Å². The summed E-state index contributed by atoms with van der Waals surface area (Å²) in [5.74, 6) is -2.67. The lowest BCUT2D eigenvalue weighted by Gasteiger charge is -2.26. The molecular weight excluding hydrogens is 488 g/mol. The number of sulfonamides is 1. The molecule has 4 rings (SSSR count). The van der Waals surface area contributed by atoms with Gasteiger partial charge in [0.15, 0.2) is 5.82 Å². The average molecular weight is 516 g/mol. The minimum atomic E-state index is -4.51. The Balaban J connectivity index is 1.63. The van der Waals surface area contributed by atoms with Crippen LogP contribution in [-0.4, -0.2) is 26.6 Å². The zero-order valence-electron chi connectivity index (χ0n) is 19.9. The van der Waals surface area contributed by atoms with E-state index >= 15 is 4.39 Å². The van der Waals surface area contributed by atoms with Crippen molar-refractivity contribution in [3.63, 3.8) is 0 Å². The average Bonchev–Trinajstić information content (AvgIpc) is 2.84. The molecule has 0 radical (unpaired) electrons. The molecule has 0 amide bonds. The molecule has 6 nitrogen and oxygen atoms in total. The van der Waals surface area contributed by atoms with E-state index in [1.54, 1.807) is 12.1 Å². The van der Waals surface area contributed by atoms with Crippen LogP contribution < -0.4 is 9.46 Å². The molecule has 0 spiro atoms. The lowest BCUT2D eigenvalue weighted by atomic mass is 9.79. The van der Waals surface area contributed by atoms with Crippen molar-refractivity contribution in [3.8, 4) is 16.9 Å². The van der Waals surface area contributed by atoms with E-state index in [9.17, 15) is 17.6 Å². The van der Waals surface area contributed by atoms with Crippen LogP contribution in [0.2, 0.25) is 0 Å². The monoisotopic (exact) mass is 515 g/mol. The molecule has 1 saturated carbocycles. The third kappa shape index (κ3) is 5.21. The van der Waals surface area contributed by atoms with Gasteiger partial charge < -0.3 is 9.84 Å². The van der Waals surface area contributed by atoms with E-state index in [0.29, 0.717) is 17.5 Å². The molecule has 9 heteroatoms. The number of anilines is 1. The molecule has 190 valence electrons. The van der Waals surface area contributed by atoms with Gasteiger partial charge in [-0.15, -0.1) is 0 Å². The number of nitrogens with one attached hydrogen (secondary N) is 1. The number of carboxylic acid groups (broad SMARTS) is 1. The van der Waals surface area contributed by atoms with Gasteiger partial charge in [-0.05, 0) is 47.9 Å². The van der Waals surface area contributed by atoms with Gasteiger partial charge in [-0.1, -0.05) is 56.2 Å². The number of hydrogen-bond donors (Lipinski definition) is 2. The highest BCUT2D eigenvalue weighted by Gasteiger charge is 2.25. The van der Waals surface area contributed by atoms with Gasteiger partial charge >= 0.3 is 5.97 Å². The fourth-order valence-corrected chi connectivity index (χ4v) is 5.80. The fraction of sp³-hybridized carbons (Fsp3) is 0.296. The number of methoxy groups -OCH3 is 1. The Hall–Kier alpha value is -3.46. The molecule has 0 unspecified atom stereocenters. The molecule has 0 heterocycles. The second kappa shape index (κ2) is 10.3. The number of rotatable bonds is 7. The van der Waals surface area contributed by atoms with Crippen LogP contribution in [0.25, 0.3) is 11.1 Å². The maximum absolute atomic E-state index is 15.5. The van der Waals surface area contributed by atoms with Gasteiger partial charge in [-0.3, -0.25) is 4.72 Å². The third-order valence-electron chi connectivity index (χ3n) is 6.73. The van der Waals surface area contributed by atoms with Crippen LogP contribution in [0.5, 0.6) is 5.75 Å². The van der Waals surface area contributed by atoms with Gasteiger partial charge in [-0.2, -0.15) is 0 Å². The fourth-order valence-electron chi connectivity index (χ4n) is 4.64. The van der Waals surface area contributed by atoms with Crippen LogP contribution in [0.4, 0.5) is 14.5 Å². The van der Waals surface area contributed by atoms with Crippen molar-refractivity contribution in [1.29, 1.82) is 0 Å². The van der Waals surface area contributed by atoms with Gasteiger partial charge in [0.1, 0.15) is 16.5 Å². The minimum absolute atomic E-state index is 0.112. The maximum atomic E-state index is 15.5. The Morgan fingerprint density at radius 2 is 1.69 bits per heavy atom. The summed E-state index contributed by atoms with van der Waals surface area (Å²) in [6.07, 6.45) is 4.60. The molecule has 0 bridgehead atoms. The van der Waals surface area contributed by atoms with Gasteiger partial charge in [0.25, 0.3) is 10.0 Å². The van der Waals surface area contributed by atoms with E-state index in [4.69, 9.17) is 9.84 Å². The van der Waals surface area contributed by atoms with Gasteiger partial charge in [0.2, 0.25) is 0 Å². The molecule has 36 heavy (non-hydrogen) atoms. The standard InChI is InChI=1S/C27H27F2NO5S/c1-16-6-8-17(9-7-16)18-10-12-19(13-11-18)20-4-3-5-25(26(20)29)36(33,34)30-23-15-22(28)21(27(31)32)14-24(23)35-2/h3-5,10-17,30H,6-9H2,1-2H3,(H,31,32). The summed E-state index contributed by atoms with van der Waals surface area (Å²) in [6, 6.07) is 13.1. The first-order valence-electron chi connectivity index (χ1n) is 11.6. The first kappa shape index (κ1) is 25.6. The number of benzene rings is 3. The summed E-state index contributed by atoms with van der Waals surface area (Å²) in [5.41, 5.74) is 0.800. The smallest absolute Gasteiger partial charge is 0.338 e. The molecule has 1 aliphatic carbocycles. The van der Waals surface area contributed by atoms with Crippen molar-refractivity contribution in [3.05, 3.63) is 77.4 Å². The SMILES string of the molecule is COc1cc(C(=O)O)c(F)cc1NS(=O)(=O)c1cccc(-c2ccc(C3CCC(C)CC3)cc2)c1F. The lowest BCUT2D eigenvalue weighted by Crippen LogP contribution is -2.16. The van der Waals surface area contributed by atoms with Gasteiger partial charge in [0.05, 0.1) is 18.4 Å². The highest BCUT2D eigenvalue weighted by atomic mass is 32.2. The summed E-state index contributed by atoms with van der Waals surface area (Å²) in [6.45, 7) is 2.26. The molecule has 0 saturated heterocycles. The molecular formula is C27H27F2NO5S. The minimum Gasteiger partial charge on any atom is -0.495 e. The molecule has 3 aromatic carbocycles. The Morgan fingerprint density at radius 1 is 1.03 bits per heavy atom. The van der Waals surface area contributed by atoms with Crippen molar-refractivity contribution in [1.82, 2.24) is 0 Å². The first-order chi connectivity index (χ1) is 17.1. The molecule has 3 aromatic rings. The van der Waals surface area contributed by atoms with E-state index < -0.39 is 38.1 Å². The Bertz CT molecular complexity index is 1380. The second-order valence-corrected chi connectivity index (χ2v) is 10.8. The predicted molar refractivity (Wildman–Crippen MR) is 133 cm³/mol. The molecule has 0 aliphatic heterocycles. The van der Waals surface area contributed by atoms with Crippen LogP contribution in [0.1, 0.15) is 54.4 Å². The number of carboxylic acids is 1. The number of aromatic carboxylic acids is 1. The van der Waals surface area contributed by atoms with Crippen molar-refractivity contribution in [2.75, 3.05) is 11.8 Å². The predicted octanol–water partition coefficient (Wildman–Crippen LogP) is 6.43. The molecule has 0 aromatic heterocycles.